The Balaban J connectivity index is 2.12. The van der Waals surface area contributed by atoms with Gasteiger partial charge in [0.15, 0.2) is 0 Å². The van der Waals surface area contributed by atoms with Gasteiger partial charge in [-0.2, -0.15) is 0 Å². The Morgan fingerprint density at radius 2 is 1.90 bits per heavy atom. The predicted octanol–water partition coefficient (Wildman–Crippen LogP) is 2.52. The molecule has 1 fully saturated rings. The van der Waals surface area contributed by atoms with Gasteiger partial charge in [0, 0.05) is 30.9 Å². The van der Waals surface area contributed by atoms with Crippen LogP contribution in [0.15, 0.2) is 24.3 Å². The number of amides is 1. The molecule has 1 aliphatic heterocycles. The van der Waals surface area contributed by atoms with Crippen molar-refractivity contribution < 1.29 is 9.90 Å². The summed E-state index contributed by atoms with van der Waals surface area (Å²) in [6.45, 7) is 6.99. The molecule has 1 aliphatic rings. The van der Waals surface area contributed by atoms with Crippen LogP contribution in [0, 0.1) is 0 Å². The zero-order chi connectivity index (χ0) is 15.2. The molecule has 0 radical (unpaired) electrons. The number of carbonyl (C=O) groups is 1. The first-order chi connectivity index (χ1) is 10.2. The number of hydrogen-bond donors (Lipinski definition) is 1. The van der Waals surface area contributed by atoms with E-state index in [-0.39, 0.29) is 18.6 Å². The Kier molecular flexibility index (Phi) is 5.62. The number of rotatable bonds is 5. The number of aliphatic hydroxyl groups is 1. The Labute approximate surface area is 127 Å². The lowest BCUT2D eigenvalue weighted by molar-refractivity contribution is 0.0503. The van der Waals surface area contributed by atoms with Crippen LogP contribution in [0.3, 0.4) is 0 Å². The fourth-order valence-corrected chi connectivity index (χ4v) is 3.03. The summed E-state index contributed by atoms with van der Waals surface area (Å²) in [7, 11) is 0. The molecule has 1 amide bonds. The summed E-state index contributed by atoms with van der Waals surface area (Å²) >= 11 is 0. The number of nitrogens with zero attached hydrogens (tertiary/aromatic N) is 2. The second kappa shape index (κ2) is 7.46. The van der Waals surface area contributed by atoms with Crippen molar-refractivity contribution in [1.29, 1.82) is 0 Å². The summed E-state index contributed by atoms with van der Waals surface area (Å²) in [4.78, 5) is 16.7. The highest BCUT2D eigenvalue weighted by molar-refractivity contribution is 5.94. The van der Waals surface area contributed by atoms with Crippen LogP contribution >= 0.6 is 0 Å². The third-order valence-corrected chi connectivity index (χ3v) is 4.34. The summed E-state index contributed by atoms with van der Waals surface area (Å²) in [6, 6.07) is 7.81. The highest BCUT2D eigenvalue weighted by Crippen LogP contribution is 2.21. The van der Waals surface area contributed by atoms with Crippen LogP contribution < -0.4 is 4.90 Å². The molecule has 1 saturated heterocycles. The van der Waals surface area contributed by atoms with Gasteiger partial charge in [0.25, 0.3) is 5.91 Å². The van der Waals surface area contributed by atoms with Gasteiger partial charge in [-0.3, -0.25) is 4.79 Å². The average molecular weight is 290 g/mol. The molecule has 1 aromatic rings. The maximum Gasteiger partial charge on any atom is 0.254 e. The molecule has 0 aromatic heterocycles. The number of hydrogen-bond acceptors (Lipinski definition) is 3. The first kappa shape index (κ1) is 15.8. The van der Waals surface area contributed by atoms with Gasteiger partial charge in [0.2, 0.25) is 0 Å². The highest BCUT2D eigenvalue weighted by atomic mass is 16.3. The summed E-state index contributed by atoms with van der Waals surface area (Å²) in [5.41, 5.74) is 1.86. The van der Waals surface area contributed by atoms with E-state index in [1.54, 1.807) is 0 Å². The third-order valence-electron chi connectivity index (χ3n) is 4.34. The van der Waals surface area contributed by atoms with E-state index in [0.29, 0.717) is 5.56 Å². The quantitative estimate of drug-likeness (QED) is 0.906. The second-order valence-corrected chi connectivity index (χ2v) is 5.55. The van der Waals surface area contributed by atoms with Gasteiger partial charge in [-0.1, -0.05) is 0 Å². The third kappa shape index (κ3) is 3.56. The van der Waals surface area contributed by atoms with Crippen LogP contribution in [-0.4, -0.2) is 48.2 Å². The number of carbonyl (C=O) groups excluding carboxylic acids is 1. The molecule has 4 heteroatoms. The van der Waals surface area contributed by atoms with Gasteiger partial charge < -0.3 is 14.9 Å². The Morgan fingerprint density at radius 3 is 2.48 bits per heavy atom. The molecule has 4 nitrogen and oxygen atoms in total. The second-order valence-electron chi connectivity index (χ2n) is 5.55. The van der Waals surface area contributed by atoms with Crippen LogP contribution in [0.4, 0.5) is 5.69 Å². The maximum absolute atomic E-state index is 12.6. The van der Waals surface area contributed by atoms with Crippen LogP contribution in [0.5, 0.6) is 0 Å². The summed E-state index contributed by atoms with van der Waals surface area (Å²) < 4.78 is 0. The predicted molar refractivity (Wildman–Crippen MR) is 85.8 cm³/mol. The maximum atomic E-state index is 12.6. The fourth-order valence-electron chi connectivity index (χ4n) is 3.03. The molecule has 21 heavy (non-hydrogen) atoms. The van der Waals surface area contributed by atoms with Crippen molar-refractivity contribution in [2.45, 2.75) is 39.2 Å². The molecule has 0 bridgehead atoms. The van der Waals surface area contributed by atoms with Gasteiger partial charge in [-0.15, -0.1) is 0 Å². The lowest BCUT2D eigenvalue weighted by atomic mass is 10.0. The van der Waals surface area contributed by atoms with Crippen molar-refractivity contribution in [3.63, 3.8) is 0 Å². The van der Waals surface area contributed by atoms with E-state index in [1.165, 1.54) is 0 Å². The van der Waals surface area contributed by atoms with E-state index >= 15 is 0 Å². The number of benzene rings is 1. The van der Waals surface area contributed by atoms with E-state index in [0.717, 1.165) is 44.6 Å². The number of piperidine rings is 1. The molecule has 1 atom stereocenters. The van der Waals surface area contributed by atoms with Gasteiger partial charge in [0.1, 0.15) is 0 Å². The summed E-state index contributed by atoms with van der Waals surface area (Å²) in [6.07, 6.45) is 3.02. The SMILES string of the molecule is CCN(CC)c1ccc(C(=O)N2CCCCC2CO)cc1. The Hall–Kier alpha value is -1.55. The molecular weight excluding hydrogens is 264 g/mol. The first-order valence-corrected chi connectivity index (χ1v) is 7.98. The standard InChI is InChI=1S/C17H26N2O2/c1-3-18(4-2)15-10-8-14(9-11-15)17(21)19-12-6-5-7-16(19)13-20/h8-11,16,20H,3-7,12-13H2,1-2H3. The van der Waals surface area contributed by atoms with Crippen molar-refractivity contribution in [2.75, 3.05) is 31.1 Å². The first-order valence-electron chi connectivity index (χ1n) is 7.98. The van der Waals surface area contributed by atoms with Gasteiger partial charge in [-0.05, 0) is 57.4 Å². The molecule has 2 rings (SSSR count). The zero-order valence-electron chi connectivity index (χ0n) is 13.1. The zero-order valence-corrected chi connectivity index (χ0v) is 13.1. The number of anilines is 1. The van der Waals surface area contributed by atoms with E-state index < -0.39 is 0 Å². The molecule has 0 aliphatic carbocycles. The largest absolute Gasteiger partial charge is 0.394 e. The molecule has 1 aromatic carbocycles. The Bertz CT molecular complexity index is 454. The van der Waals surface area contributed by atoms with Crippen LogP contribution in [0.1, 0.15) is 43.5 Å². The van der Waals surface area contributed by atoms with Gasteiger partial charge >= 0.3 is 0 Å². The molecule has 1 heterocycles. The van der Waals surface area contributed by atoms with E-state index in [2.05, 4.69) is 18.7 Å². The normalized spacial score (nSPS) is 18.6. The van der Waals surface area contributed by atoms with Crippen molar-refractivity contribution in [1.82, 2.24) is 4.90 Å². The van der Waals surface area contributed by atoms with Crippen molar-refractivity contribution >= 4 is 11.6 Å². The monoisotopic (exact) mass is 290 g/mol. The Morgan fingerprint density at radius 1 is 1.24 bits per heavy atom. The van der Waals surface area contributed by atoms with Crippen LogP contribution in [0.2, 0.25) is 0 Å². The summed E-state index contributed by atoms with van der Waals surface area (Å²) in [5, 5.41) is 9.44. The fraction of sp³-hybridized carbons (Fsp3) is 0.588. The van der Waals surface area contributed by atoms with E-state index in [9.17, 15) is 9.90 Å². The van der Waals surface area contributed by atoms with E-state index in [1.807, 2.05) is 29.2 Å². The van der Waals surface area contributed by atoms with Gasteiger partial charge in [0.05, 0.1) is 12.6 Å². The lowest BCUT2D eigenvalue weighted by Crippen LogP contribution is -2.45. The molecule has 0 spiro atoms. The number of aliphatic hydroxyl groups excluding tert-OH is 1. The van der Waals surface area contributed by atoms with Crippen LogP contribution in [0.25, 0.3) is 0 Å². The van der Waals surface area contributed by atoms with Crippen molar-refractivity contribution in [3.8, 4) is 0 Å². The van der Waals surface area contributed by atoms with E-state index in [4.69, 9.17) is 0 Å². The minimum absolute atomic E-state index is 0.0197. The minimum atomic E-state index is -0.0197. The molecule has 1 unspecified atom stereocenters. The average Bonchev–Trinajstić information content (AvgIpc) is 2.56. The smallest absolute Gasteiger partial charge is 0.254 e. The lowest BCUT2D eigenvalue weighted by Gasteiger charge is -2.34. The topological polar surface area (TPSA) is 43.8 Å². The highest BCUT2D eigenvalue weighted by Gasteiger charge is 2.26. The number of likely N-dealkylation sites (tertiary alicyclic amines) is 1. The van der Waals surface area contributed by atoms with Crippen molar-refractivity contribution in [2.24, 2.45) is 0 Å². The summed E-state index contributed by atoms with van der Waals surface area (Å²) in [5.74, 6) is 0.0415. The van der Waals surface area contributed by atoms with Crippen LogP contribution in [-0.2, 0) is 0 Å². The van der Waals surface area contributed by atoms with Crippen molar-refractivity contribution in [3.05, 3.63) is 29.8 Å². The molecule has 116 valence electrons. The molecule has 0 saturated carbocycles. The molecule has 1 N–H and O–H groups in total. The molecular formula is C17H26N2O2. The minimum Gasteiger partial charge on any atom is -0.394 e. The van der Waals surface area contributed by atoms with Gasteiger partial charge in [-0.25, -0.2) is 0 Å².